The van der Waals surface area contributed by atoms with Crippen LogP contribution in [0.2, 0.25) is 0 Å². The summed E-state index contributed by atoms with van der Waals surface area (Å²) in [6.07, 6.45) is 1.09. The molecule has 0 amide bonds. The molecule has 2 atom stereocenters. The quantitative estimate of drug-likeness (QED) is 0.787. The summed E-state index contributed by atoms with van der Waals surface area (Å²) in [5.74, 6) is 0.196. The van der Waals surface area contributed by atoms with Gasteiger partial charge in [0.15, 0.2) is 0 Å². The number of hydrogen-bond donors (Lipinski definition) is 2. The van der Waals surface area contributed by atoms with Crippen molar-refractivity contribution in [2.24, 2.45) is 5.92 Å². The molecule has 4 heteroatoms. The monoisotopic (exact) mass is 238 g/mol. The Balaban J connectivity index is 2.10. The van der Waals surface area contributed by atoms with Gasteiger partial charge in [-0.25, -0.2) is 4.39 Å². The van der Waals surface area contributed by atoms with Gasteiger partial charge in [-0.05, 0) is 36.6 Å². The summed E-state index contributed by atoms with van der Waals surface area (Å²) in [4.78, 5) is 2.22. The van der Waals surface area contributed by atoms with Crippen LogP contribution in [0.1, 0.15) is 18.9 Å². The van der Waals surface area contributed by atoms with Crippen LogP contribution in [0.5, 0.6) is 0 Å². The molecule has 0 saturated carbocycles. The number of nitrogen functional groups attached to an aromatic ring is 1. The van der Waals surface area contributed by atoms with Gasteiger partial charge in [0.05, 0.1) is 6.61 Å². The smallest absolute Gasteiger partial charge is 0.125 e. The van der Waals surface area contributed by atoms with Crippen LogP contribution in [0.4, 0.5) is 10.1 Å². The lowest BCUT2D eigenvalue weighted by Gasteiger charge is -2.25. The van der Waals surface area contributed by atoms with Gasteiger partial charge in [0, 0.05) is 18.3 Å². The van der Waals surface area contributed by atoms with Gasteiger partial charge in [0.2, 0.25) is 0 Å². The predicted octanol–water partition coefficient (Wildman–Crippen LogP) is 1.61. The lowest BCUT2D eigenvalue weighted by molar-refractivity contribution is 0.134. The molecule has 94 valence electrons. The maximum Gasteiger partial charge on any atom is 0.125 e. The van der Waals surface area contributed by atoms with Crippen molar-refractivity contribution in [1.29, 1.82) is 0 Å². The van der Waals surface area contributed by atoms with E-state index in [4.69, 9.17) is 5.73 Å². The predicted molar refractivity (Wildman–Crippen MR) is 65.9 cm³/mol. The highest BCUT2D eigenvalue weighted by molar-refractivity contribution is 5.46. The van der Waals surface area contributed by atoms with Gasteiger partial charge >= 0.3 is 0 Å². The van der Waals surface area contributed by atoms with Crippen LogP contribution in [-0.2, 0) is 6.54 Å². The molecule has 1 aromatic carbocycles. The molecule has 2 rings (SSSR count). The number of rotatable bonds is 3. The van der Waals surface area contributed by atoms with E-state index in [1.165, 1.54) is 12.1 Å². The van der Waals surface area contributed by atoms with Crippen molar-refractivity contribution in [3.05, 3.63) is 29.6 Å². The van der Waals surface area contributed by atoms with E-state index >= 15 is 0 Å². The minimum absolute atomic E-state index is 0.169. The van der Waals surface area contributed by atoms with Crippen LogP contribution in [0.3, 0.4) is 0 Å². The number of nitrogens with two attached hydrogens (primary N) is 1. The Labute approximate surface area is 101 Å². The molecule has 3 nitrogen and oxygen atoms in total. The van der Waals surface area contributed by atoms with E-state index < -0.39 is 0 Å². The zero-order valence-corrected chi connectivity index (χ0v) is 10.1. The molecular weight excluding hydrogens is 219 g/mol. The van der Waals surface area contributed by atoms with Gasteiger partial charge in [-0.3, -0.25) is 4.90 Å². The number of likely N-dealkylation sites (tertiary alicyclic amines) is 1. The van der Waals surface area contributed by atoms with Gasteiger partial charge in [0.1, 0.15) is 5.82 Å². The molecule has 1 heterocycles. The minimum atomic E-state index is -0.306. The number of aliphatic hydroxyl groups excluding tert-OH is 1. The maximum absolute atomic E-state index is 12.9. The second-order valence-corrected chi connectivity index (χ2v) is 4.83. The highest BCUT2D eigenvalue weighted by Gasteiger charge is 2.30. The zero-order chi connectivity index (χ0) is 12.4. The van der Waals surface area contributed by atoms with Crippen LogP contribution in [-0.4, -0.2) is 29.2 Å². The van der Waals surface area contributed by atoms with E-state index in [2.05, 4.69) is 11.8 Å². The normalized spacial score (nSPS) is 25.4. The number of hydrogen-bond acceptors (Lipinski definition) is 3. The van der Waals surface area contributed by atoms with Crippen molar-refractivity contribution < 1.29 is 9.50 Å². The Morgan fingerprint density at radius 2 is 2.29 bits per heavy atom. The first-order valence-electron chi connectivity index (χ1n) is 6.00. The van der Waals surface area contributed by atoms with Crippen molar-refractivity contribution in [1.82, 2.24) is 4.90 Å². The molecular formula is C13H19FN2O. The third-order valence-corrected chi connectivity index (χ3v) is 3.67. The van der Waals surface area contributed by atoms with Crippen molar-refractivity contribution in [3.63, 3.8) is 0 Å². The van der Waals surface area contributed by atoms with Crippen molar-refractivity contribution in [3.8, 4) is 0 Å². The second-order valence-electron chi connectivity index (χ2n) is 4.83. The lowest BCUT2D eigenvalue weighted by atomic mass is 10.0. The Hall–Kier alpha value is -1.13. The molecule has 1 aromatic rings. The van der Waals surface area contributed by atoms with Crippen LogP contribution >= 0.6 is 0 Å². The zero-order valence-electron chi connectivity index (χ0n) is 10.1. The van der Waals surface area contributed by atoms with Crippen LogP contribution in [0.25, 0.3) is 0 Å². The average Bonchev–Trinajstić information content (AvgIpc) is 2.63. The summed E-state index contributed by atoms with van der Waals surface area (Å²) >= 11 is 0. The highest BCUT2D eigenvalue weighted by atomic mass is 19.1. The average molecular weight is 238 g/mol. The van der Waals surface area contributed by atoms with Gasteiger partial charge in [-0.2, -0.15) is 0 Å². The van der Waals surface area contributed by atoms with E-state index in [1.807, 2.05) is 0 Å². The molecule has 2 unspecified atom stereocenters. The molecule has 0 spiro atoms. The first kappa shape index (κ1) is 12.3. The Kier molecular flexibility index (Phi) is 3.64. The van der Waals surface area contributed by atoms with Gasteiger partial charge in [0.25, 0.3) is 0 Å². The fourth-order valence-electron chi connectivity index (χ4n) is 2.51. The Morgan fingerprint density at radius 3 is 2.94 bits per heavy atom. The van der Waals surface area contributed by atoms with Crippen molar-refractivity contribution >= 4 is 5.69 Å². The second kappa shape index (κ2) is 5.02. The maximum atomic E-state index is 12.9. The SMILES string of the molecule is CC1CCN(Cc2ccc(F)cc2N)C1CO. The standard InChI is InChI=1S/C13H19FN2O/c1-9-4-5-16(13(9)8-17)7-10-2-3-11(14)6-12(10)15/h2-3,6,9,13,17H,4-5,7-8,15H2,1H3. The Morgan fingerprint density at radius 1 is 1.53 bits per heavy atom. The molecule has 0 radical (unpaired) electrons. The number of aliphatic hydroxyl groups is 1. The fraction of sp³-hybridized carbons (Fsp3) is 0.538. The minimum Gasteiger partial charge on any atom is -0.398 e. The van der Waals surface area contributed by atoms with Crippen molar-refractivity contribution in [2.45, 2.75) is 25.9 Å². The lowest BCUT2D eigenvalue weighted by Crippen LogP contribution is -2.34. The molecule has 1 fully saturated rings. The number of nitrogens with zero attached hydrogens (tertiary/aromatic N) is 1. The molecule has 0 aromatic heterocycles. The van der Waals surface area contributed by atoms with E-state index in [0.29, 0.717) is 18.2 Å². The largest absolute Gasteiger partial charge is 0.398 e. The molecule has 1 aliphatic heterocycles. The van der Waals surface area contributed by atoms with Crippen molar-refractivity contribution in [2.75, 3.05) is 18.9 Å². The first-order chi connectivity index (χ1) is 8.11. The summed E-state index contributed by atoms with van der Waals surface area (Å²) in [5, 5.41) is 9.37. The molecule has 1 aliphatic rings. The van der Waals surface area contributed by atoms with Gasteiger partial charge < -0.3 is 10.8 Å². The van der Waals surface area contributed by atoms with E-state index in [1.54, 1.807) is 6.07 Å². The van der Waals surface area contributed by atoms with E-state index in [-0.39, 0.29) is 18.5 Å². The summed E-state index contributed by atoms with van der Waals surface area (Å²) in [6, 6.07) is 4.70. The molecule has 3 N–H and O–H groups in total. The topological polar surface area (TPSA) is 49.5 Å². The molecule has 17 heavy (non-hydrogen) atoms. The first-order valence-corrected chi connectivity index (χ1v) is 6.00. The summed E-state index contributed by atoms with van der Waals surface area (Å²) < 4.78 is 12.9. The number of anilines is 1. The summed E-state index contributed by atoms with van der Waals surface area (Å²) in [6.45, 7) is 3.96. The molecule has 0 aliphatic carbocycles. The molecule has 0 bridgehead atoms. The number of halogens is 1. The highest BCUT2D eigenvalue weighted by Crippen LogP contribution is 2.26. The Bertz CT molecular complexity index is 397. The van der Waals surface area contributed by atoms with Crippen LogP contribution < -0.4 is 5.73 Å². The van der Waals surface area contributed by atoms with Gasteiger partial charge in [-0.1, -0.05) is 13.0 Å². The molecule has 1 saturated heterocycles. The number of benzene rings is 1. The van der Waals surface area contributed by atoms with E-state index in [9.17, 15) is 9.50 Å². The van der Waals surface area contributed by atoms with Crippen LogP contribution in [0.15, 0.2) is 18.2 Å². The van der Waals surface area contributed by atoms with Gasteiger partial charge in [-0.15, -0.1) is 0 Å². The summed E-state index contributed by atoms with van der Waals surface area (Å²) in [7, 11) is 0. The third-order valence-electron chi connectivity index (χ3n) is 3.67. The van der Waals surface area contributed by atoms with Crippen LogP contribution in [0, 0.1) is 11.7 Å². The summed E-state index contributed by atoms with van der Waals surface area (Å²) in [5.41, 5.74) is 7.21. The fourth-order valence-corrected chi connectivity index (χ4v) is 2.51. The third kappa shape index (κ3) is 2.58. The van der Waals surface area contributed by atoms with E-state index in [0.717, 1.165) is 18.5 Å².